The van der Waals surface area contributed by atoms with Crippen LogP contribution in [0.15, 0.2) is 17.1 Å². The topological polar surface area (TPSA) is 73.5 Å². The summed E-state index contributed by atoms with van der Waals surface area (Å²) in [6, 6.07) is -0.995. The number of carbonyl (C=O) groups is 1. The summed E-state index contributed by atoms with van der Waals surface area (Å²) in [5.41, 5.74) is 0.0231. The zero-order chi connectivity index (χ0) is 7.56. The molecule has 0 spiro atoms. The molecule has 2 N–H and O–H groups in total. The quantitative estimate of drug-likeness (QED) is 0.539. The molecular weight excluding hydrogens is 132 g/mol. The third kappa shape index (κ3) is 1.10. The first kappa shape index (κ1) is 6.67. The zero-order valence-electron chi connectivity index (χ0n) is 5.11. The monoisotopic (exact) mass is 138 g/mol. The van der Waals surface area contributed by atoms with Crippen LogP contribution in [-0.2, 0) is 4.79 Å². The summed E-state index contributed by atoms with van der Waals surface area (Å²) in [5.74, 6) is -1.08. The van der Waals surface area contributed by atoms with Gasteiger partial charge in [-0.15, -0.1) is 0 Å². The highest BCUT2D eigenvalue weighted by Crippen LogP contribution is 1.99. The molecule has 0 bridgehead atoms. The Hall–Kier alpha value is -1.45. The predicted molar refractivity (Wildman–Crippen MR) is 36.8 cm³/mol. The summed E-state index contributed by atoms with van der Waals surface area (Å²) in [6.07, 6.45) is 4.35. The molecule has 10 heavy (non-hydrogen) atoms. The van der Waals surface area contributed by atoms with Crippen LogP contribution in [0.2, 0.25) is 0 Å². The van der Waals surface area contributed by atoms with Crippen molar-refractivity contribution in [1.29, 1.82) is 5.41 Å². The Kier molecular flexibility index (Phi) is 1.62. The van der Waals surface area contributed by atoms with E-state index in [9.17, 15) is 4.79 Å². The fraction of sp³-hybridized carbons (Fsp3) is 0.167. The summed E-state index contributed by atoms with van der Waals surface area (Å²) in [6.45, 7) is 0. The van der Waals surface area contributed by atoms with Gasteiger partial charge in [-0.25, -0.2) is 4.79 Å². The second kappa shape index (κ2) is 2.43. The highest BCUT2D eigenvalue weighted by Gasteiger charge is 2.19. The lowest BCUT2D eigenvalue weighted by Crippen LogP contribution is -2.27. The Morgan fingerprint density at radius 2 is 2.50 bits per heavy atom. The minimum absolute atomic E-state index is 0.0231. The Labute approximate surface area is 57.4 Å². The van der Waals surface area contributed by atoms with E-state index in [4.69, 9.17) is 10.5 Å². The first-order chi connectivity index (χ1) is 4.72. The maximum atomic E-state index is 10.3. The summed E-state index contributed by atoms with van der Waals surface area (Å²) in [5, 5.41) is 15.5. The average molecular weight is 138 g/mol. The van der Waals surface area contributed by atoms with Gasteiger partial charge in [0.15, 0.2) is 6.04 Å². The van der Waals surface area contributed by atoms with E-state index in [1.165, 1.54) is 12.3 Å². The SMILES string of the molecule is N=C1C=CC=NC1C(=O)O. The summed E-state index contributed by atoms with van der Waals surface area (Å²) in [7, 11) is 0. The molecule has 1 heterocycles. The van der Waals surface area contributed by atoms with Crippen molar-refractivity contribution in [3.63, 3.8) is 0 Å². The smallest absolute Gasteiger partial charge is 0.334 e. The van der Waals surface area contributed by atoms with E-state index in [2.05, 4.69) is 4.99 Å². The molecule has 1 aliphatic rings. The van der Waals surface area contributed by atoms with Crippen LogP contribution in [0.4, 0.5) is 0 Å². The number of dihydropyridines is 1. The standard InChI is InChI=1S/C6H6N2O2/c7-4-2-1-3-8-5(4)6(9)10/h1-3,5,7H,(H,9,10). The van der Waals surface area contributed by atoms with Crippen LogP contribution in [0.5, 0.6) is 0 Å². The lowest BCUT2D eigenvalue weighted by molar-refractivity contribution is -0.136. The Balaban J connectivity index is 2.80. The molecule has 0 fully saturated rings. The van der Waals surface area contributed by atoms with E-state index < -0.39 is 12.0 Å². The third-order valence-electron chi connectivity index (χ3n) is 1.13. The number of carboxylic acids is 1. The van der Waals surface area contributed by atoms with Crippen LogP contribution in [0.25, 0.3) is 0 Å². The molecule has 0 radical (unpaired) electrons. The van der Waals surface area contributed by atoms with Crippen molar-refractivity contribution in [2.75, 3.05) is 0 Å². The Bertz CT molecular complexity index is 230. The highest BCUT2D eigenvalue weighted by atomic mass is 16.4. The van der Waals surface area contributed by atoms with Gasteiger partial charge in [0, 0.05) is 6.21 Å². The van der Waals surface area contributed by atoms with Crippen molar-refractivity contribution < 1.29 is 9.90 Å². The van der Waals surface area contributed by atoms with Crippen molar-refractivity contribution in [1.82, 2.24) is 0 Å². The number of aliphatic imine (C=N–C) groups is 1. The number of nitrogens with zero attached hydrogens (tertiary/aromatic N) is 1. The Morgan fingerprint density at radius 1 is 1.80 bits per heavy atom. The van der Waals surface area contributed by atoms with Crippen molar-refractivity contribution >= 4 is 17.9 Å². The zero-order valence-corrected chi connectivity index (χ0v) is 5.11. The van der Waals surface area contributed by atoms with Crippen LogP contribution in [0.1, 0.15) is 0 Å². The molecule has 1 rings (SSSR count). The largest absolute Gasteiger partial charge is 0.479 e. The highest BCUT2D eigenvalue weighted by molar-refractivity contribution is 6.13. The minimum Gasteiger partial charge on any atom is -0.479 e. The van der Waals surface area contributed by atoms with E-state index in [0.717, 1.165) is 0 Å². The van der Waals surface area contributed by atoms with E-state index in [-0.39, 0.29) is 5.71 Å². The molecule has 1 atom stereocenters. The molecule has 0 amide bonds. The van der Waals surface area contributed by atoms with Crippen molar-refractivity contribution in [2.45, 2.75) is 6.04 Å². The van der Waals surface area contributed by atoms with Gasteiger partial charge >= 0.3 is 5.97 Å². The molecule has 0 aliphatic carbocycles. The maximum absolute atomic E-state index is 10.3. The van der Waals surface area contributed by atoms with Gasteiger partial charge in [0.05, 0.1) is 5.71 Å². The second-order valence-electron chi connectivity index (χ2n) is 1.85. The first-order valence-electron chi connectivity index (χ1n) is 2.73. The average Bonchev–Trinajstić information content (AvgIpc) is 1.88. The number of aliphatic carboxylic acids is 1. The molecule has 52 valence electrons. The first-order valence-corrected chi connectivity index (χ1v) is 2.73. The lowest BCUT2D eigenvalue weighted by Gasteiger charge is -2.06. The van der Waals surface area contributed by atoms with Gasteiger partial charge in [0.1, 0.15) is 0 Å². The number of rotatable bonds is 1. The van der Waals surface area contributed by atoms with Gasteiger partial charge in [-0.3, -0.25) is 4.99 Å². The van der Waals surface area contributed by atoms with E-state index in [1.54, 1.807) is 6.08 Å². The van der Waals surface area contributed by atoms with Crippen molar-refractivity contribution in [2.24, 2.45) is 4.99 Å². The van der Waals surface area contributed by atoms with Gasteiger partial charge < -0.3 is 10.5 Å². The Morgan fingerprint density at radius 3 is 2.90 bits per heavy atom. The van der Waals surface area contributed by atoms with Gasteiger partial charge in [-0.2, -0.15) is 0 Å². The summed E-state index contributed by atoms with van der Waals surface area (Å²) < 4.78 is 0. The summed E-state index contributed by atoms with van der Waals surface area (Å²) in [4.78, 5) is 13.9. The van der Waals surface area contributed by atoms with E-state index in [1.807, 2.05) is 0 Å². The molecule has 4 heteroatoms. The number of nitrogens with one attached hydrogen (secondary N) is 1. The fourth-order valence-corrected chi connectivity index (χ4v) is 0.651. The molecule has 0 aromatic carbocycles. The maximum Gasteiger partial charge on any atom is 0.334 e. The molecule has 1 aliphatic heterocycles. The van der Waals surface area contributed by atoms with Gasteiger partial charge in [-0.1, -0.05) is 0 Å². The minimum atomic E-state index is -1.08. The number of hydrogen-bond donors (Lipinski definition) is 2. The third-order valence-corrected chi connectivity index (χ3v) is 1.13. The molecule has 0 saturated heterocycles. The number of hydrogen-bond acceptors (Lipinski definition) is 3. The molecule has 4 nitrogen and oxygen atoms in total. The number of allylic oxidation sites excluding steroid dienone is 1. The van der Waals surface area contributed by atoms with E-state index >= 15 is 0 Å². The van der Waals surface area contributed by atoms with Crippen LogP contribution >= 0.6 is 0 Å². The molecule has 1 unspecified atom stereocenters. The lowest BCUT2D eigenvalue weighted by atomic mass is 10.1. The van der Waals surface area contributed by atoms with Crippen LogP contribution in [-0.4, -0.2) is 29.0 Å². The van der Waals surface area contributed by atoms with Gasteiger partial charge in [0.2, 0.25) is 0 Å². The van der Waals surface area contributed by atoms with Crippen molar-refractivity contribution in [3.8, 4) is 0 Å². The molecular formula is C6H6N2O2. The summed E-state index contributed by atoms with van der Waals surface area (Å²) >= 11 is 0. The van der Waals surface area contributed by atoms with Gasteiger partial charge in [0.25, 0.3) is 0 Å². The second-order valence-corrected chi connectivity index (χ2v) is 1.85. The van der Waals surface area contributed by atoms with Gasteiger partial charge in [-0.05, 0) is 12.2 Å². The molecule has 0 aromatic heterocycles. The van der Waals surface area contributed by atoms with Crippen molar-refractivity contribution in [3.05, 3.63) is 12.2 Å². The van der Waals surface area contributed by atoms with Crippen LogP contribution < -0.4 is 0 Å². The molecule has 0 aromatic rings. The molecule has 0 saturated carbocycles. The van der Waals surface area contributed by atoms with Crippen LogP contribution in [0, 0.1) is 5.41 Å². The predicted octanol–water partition coefficient (Wildman–Crippen LogP) is 0.1000. The normalized spacial score (nSPS) is 23.2. The van der Waals surface area contributed by atoms with Crippen LogP contribution in [0.3, 0.4) is 0 Å². The van der Waals surface area contributed by atoms with E-state index in [0.29, 0.717) is 0 Å². The number of carboxylic acid groups (broad SMARTS) is 1. The fourth-order valence-electron chi connectivity index (χ4n) is 0.651.